The molecule has 1 aliphatic rings. The Labute approximate surface area is 118 Å². The zero-order chi connectivity index (χ0) is 13.9. The lowest BCUT2D eigenvalue weighted by molar-refractivity contribution is 0.0545. The van der Waals surface area contributed by atoms with E-state index < -0.39 is 0 Å². The van der Waals surface area contributed by atoms with Crippen LogP contribution in [-0.2, 0) is 0 Å². The molecule has 1 amide bonds. The van der Waals surface area contributed by atoms with E-state index >= 15 is 0 Å². The van der Waals surface area contributed by atoms with Crippen molar-refractivity contribution in [2.75, 3.05) is 13.2 Å². The Balaban J connectivity index is 1.86. The van der Waals surface area contributed by atoms with Gasteiger partial charge in [-0.15, -0.1) is 0 Å². The van der Waals surface area contributed by atoms with Crippen molar-refractivity contribution in [3.63, 3.8) is 0 Å². The van der Waals surface area contributed by atoms with Gasteiger partial charge in [0.1, 0.15) is 5.58 Å². The van der Waals surface area contributed by atoms with Crippen molar-refractivity contribution in [1.82, 2.24) is 4.90 Å². The lowest BCUT2D eigenvalue weighted by Crippen LogP contribution is -2.44. The molecule has 1 saturated heterocycles. The number of benzene rings is 1. The second-order valence-electron chi connectivity index (χ2n) is 5.31. The molecule has 4 heteroatoms. The highest BCUT2D eigenvalue weighted by molar-refractivity contribution is 5.96. The Morgan fingerprint density at radius 3 is 3.00 bits per heavy atom. The highest BCUT2D eigenvalue weighted by Gasteiger charge is 2.28. The molecule has 2 aromatic rings. The number of nitrogens with zero attached hydrogens (tertiary/aromatic N) is 1. The Morgan fingerprint density at radius 1 is 1.35 bits per heavy atom. The highest BCUT2D eigenvalue weighted by Crippen LogP contribution is 2.25. The van der Waals surface area contributed by atoms with Gasteiger partial charge >= 0.3 is 0 Å². The summed E-state index contributed by atoms with van der Waals surface area (Å²) >= 11 is 0. The minimum atomic E-state index is -0.0562. The summed E-state index contributed by atoms with van der Waals surface area (Å²) < 4.78 is 5.66. The quantitative estimate of drug-likeness (QED) is 0.935. The Hall–Kier alpha value is -1.81. The molecule has 106 valence electrons. The van der Waals surface area contributed by atoms with Gasteiger partial charge in [0, 0.05) is 24.6 Å². The molecule has 0 bridgehead atoms. The minimum Gasteiger partial charge on any atom is -0.451 e. The maximum atomic E-state index is 12.6. The standard InChI is InChI=1S/C16H19NO3/c18-10-8-13-6-3-4-9-17(13)16(19)15-11-12-5-1-2-7-14(12)20-15/h1-2,5,7,11,13,18H,3-4,6,8-10H2/t13-/m0/s1. The number of hydrogen-bond acceptors (Lipinski definition) is 3. The van der Waals surface area contributed by atoms with Crippen LogP contribution in [0.3, 0.4) is 0 Å². The molecule has 0 radical (unpaired) electrons. The zero-order valence-electron chi connectivity index (χ0n) is 11.4. The van der Waals surface area contributed by atoms with Gasteiger partial charge in [-0.05, 0) is 37.8 Å². The van der Waals surface area contributed by atoms with Crippen LogP contribution < -0.4 is 0 Å². The highest BCUT2D eigenvalue weighted by atomic mass is 16.3. The zero-order valence-corrected chi connectivity index (χ0v) is 11.4. The SMILES string of the molecule is O=C(c1cc2ccccc2o1)N1CCCC[C@H]1CCO. The molecular formula is C16H19NO3. The van der Waals surface area contributed by atoms with E-state index in [0.29, 0.717) is 12.2 Å². The number of rotatable bonds is 3. The number of carbonyl (C=O) groups is 1. The summed E-state index contributed by atoms with van der Waals surface area (Å²) in [5.41, 5.74) is 0.742. The maximum Gasteiger partial charge on any atom is 0.289 e. The van der Waals surface area contributed by atoms with E-state index in [-0.39, 0.29) is 18.6 Å². The van der Waals surface area contributed by atoms with E-state index in [1.54, 1.807) is 0 Å². The molecule has 1 aromatic carbocycles. The fourth-order valence-corrected chi connectivity index (χ4v) is 2.95. The fourth-order valence-electron chi connectivity index (χ4n) is 2.95. The fraction of sp³-hybridized carbons (Fsp3) is 0.438. The normalized spacial score (nSPS) is 19.4. The molecule has 1 aliphatic heterocycles. The van der Waals surface area contributed by atoms with Crippen molar-refractivity contribution in [3.05, 3.63) is 36.1 Å². The van der Waals surface area contributed by atoms with E-state index in [1.807, 2.05) is 35.2 Å². The van der Waals surface area contributed by atoms with Gasteiger partial charge in [-0.1, -0.05) is 18.2 Å². The van der Waals surface area contributed by atoms with Crippen molar-refractivity contribution in [3.8, 4) is 0 Å². The largest absolute Gasteiger partial charge is 0.451 e. The van der Waals surface area contributed by atoms with Gasteiger partial charge in [0.05, 0.1) is 0 Å². The number of aliphatic hydroxyl groups is 1. The van der Waals surface area contributed by atoms with Gasteiger partial charge in [-0.25, -0.2) is 0 Å². The average molecular weight is 273 g/mol. The third-order valence-corrected chi connectivity index (χ3v) is 3.99. The van der Waals surface area contributed by atoms with Crippen LogP contribution >= 0.6 is 0 Å². The van der Waals surface area contributed by atoms with Crippen LogP contribution in [0.25, 0.3) is 11.0 Å². The number of amides is 1. The second-order valence-corrected chi connectivity index (χ2v) is 5.31. The van der Waals surface area contributed by atoms with Crippen LogP contribution in [0, 0.1) is 0 Å². The molecule has 1 atom stereocenters. The van der Waals surface area contributed by atoms with Crippen LogP contribution in [0.15, 0.2) is 34.7 Å². The summed E-state index contributed by atoms with van der Waals surface area (Å²) in [6.07, 6.45) is 3.75. The van der Waals surface area contributed by atoms with Crippen LogP contribution in [-0.4, -0.2) is 35.1 Å². The molecule has 2 heterocycles. The summed E-state index contributed by atoms with van der Waals surface area (Å²) in [7, 11) is 0. The number of aliphatic hydroxyl groups excluding tert-OH is 1. The van der Waals surface area contributed by atoms with Gasteiger partial charge in [0.25, 0.3) is 5.91 Å². The van der Waals surface area contributed by atoms with Crippen molar-refractivity contribution >= 4 is 16.9 Å². The van der Waals surface area contributed by atoms with Gasteiger partial charge < -0.3 is 14.4 Å². The van der Waals surface area contributed by atoms with E-state index in [4.69, 9.17) is 9.52 Å². The van der Waals surface area contributed by atoms with E-state index in [0.717, 1.165) is 36.8 Å². The first-order valence-corrected chi connectivity index (χ1v) is 7.20. The smallest absolute Gasteiger partial charge is 0.289 e. The molecule has 1 aromatic heterocycles. The van der Waals surface area contributed by atoms with Crippen molar-refractivity contribution in [2.45, 2.75) is 31.7 Å². The first-order chi connectivity index (χ1) is 9.79. The Morgan fingerprint density at radius 2 is 2.20 bits per heavy atom. The third-order valence-electron chi connectivity index (χ3n) is 3.99. The predicted molar refractivity (Wildman–Crippen MR) is 76.6 cm³/mol. The number of piperidine rings is 1. The molecule has 0 unspecified atom stereocenters. The first kappa shape index (κ1) is 13.2. The van der Waals surface area contributed by atoms with Crippen molar-refractivity contribution < 1.29 is 14.3 Å². The molecule has 20 heavy (non-hydrogen) atoms. The average Bonchev–Trinajstić information content (AvgIpc) is 2.91. The van der Waals surface area contributed by atoms with E-state index in [9.17, 15) is 4.79 Å². The number of likely N-dealkylation sites (tertiary alicyclic amines) is 1. The summed E-state index contributed by atoms with van der Waals surface area (Å²) in [4.78, 5) is 14.5. The topological polar surface area (TPSA) is 53.7 Å². The lowest BCUT2D eigenvalue weighted by atomic mass is 9.99. The van der Waals surface area contributed by atoms with Crippen LogP contribution in [0.4, 0.5) is 0 Å². The number of carbonyl (C=O) groups excluding carboxylic acids is 1. The molecule has 4 nitrogen and oxygen atoms in total. The Kier molecular flexibility index (Phi) is 3.74. The summed E-state index contributed by atoms with van der Waals surface area (Å²) in [5, 5.41) is 10.1. The molecule has 0 spiro atoms. The maximum absolute atomic E-state index is 12.6. The number of para-hydroxylation sites is 1. The summed E-state index contributed by atoms with van der Waals surface area (Å²) in [5.74, 6) is 0.343. The van der Waals surface area contributed by atoms with Crippen LogP contribution in [0.2, 0.25) is 0 Å². The van der Waals surface area contributed by atoms with E-state index in [2.05, 4.69) is 0 Å². The van der Waals surface area contributed by atoms with Crippen LogP contribution in [0.1, 0.15) is 36.2 Å². The molecular weight excluding hydrogens is 254 g/mol. The lowest BCUT2D eigenvalue weighted by Gasteiger charge is -2.34. The molecule has 0 saturated carbocycles. The van der Waals surface area contributed by atoms with E-state index in [1.165, 1.54) is 0 Å². The number of hydrogen-bond donors (Lipinski definition) is 1. The molecule has 1 N–H and O–H groups in total. The monoisotopic (exact) mass is 273 g/mol. The first-order valence-electron chi connectivity index (χ1n) is 7.20. The second kappa shape index (κ2) is 5.67. The number of fused-ring (bicyclic) bond motifs is 1. The minimum absolute atomic E-state index is 0.0562. The predicted octanol–water partition coefficient (Wildman–Crippen LogP) is 2.81. The van der Waals surface area contributed by atoms with Gasteiger partial charge in [-0.3, -0.25) is 4.79 Å². The number of furan rings is 1. The van der Waals surface area contributed by atoms with Crippen molar-refractivity contribution in [1.29, 1.82) is 0 Å². The summed E-state index contributed by atoms with van der Waals surface area (Å²) in [6.45, 7) is 0.870. The molecule has 1 fully saturated rings. The molecule has 3 rings (SSSR count). The van der Waals surface area contributed by atoms with Crippen molar-refractivity contribution in [2.24, 2.45) is 0 Å². The van der Waals surface area contributed by atoms with Gasteiger partial charge in [-0.2, -0.15) is 0 Å². The van der Waals surface area contributed by atoms with Gasteiger partial charge in [0.15, 0.2) is 5.76 Å². The van der Waals surface area contributed by atoms with Crippen LogP contribution in [0.5, 0.6) is 0 Å². The van der Waals surface area contributed by atoms with Gasteiger partial charge in [0.2, 0.25) is 0 Å². The Bertz CT molecular complexity index is 570. The third kappa shape index (κ3) is 2.43. The summed E-state index contributed by atoms with van der Waals surface area (Å²) in [6, 6.07) is 9.58. The molecule has 0 aliphatic carbocycles.